The molecule has 18 heteroatoms. The van der Waals surface area contributed by atoms with Gasteiger partial charge >= 0.3 is 13.7 Å². The molecule has 6 atom stereocenters. The van der Waals surface area contributed by atoms with E-state index >= 15 is 0 Å². The van der Waals surface area contributed by atoms with Gasteiger partial charge in [0.25, 0.3) is 0 Å². The third kappa shape index (κ3) is 6.42. The topological polar surface area (TPSA) is 248 Å². The number of para-hydroxylation sites is 1. The van der Waals surface area contributed by atoms with E-state index in [2.05, 4.69) is 30.1 Å². The molecule has 1 unspecified atom stereocenters. The molecule has 0 amide bonds. The molecular weight excluding hydrogens is 547 g/mol. The predicted molar refractivity (Wildman–Crippen MR) is 141 cm³/mol. The van der Waals surface area contributed by atoms with E-state index in [4.69, 9.17) is 35.5 Å². The number of ether oxygens (including phenoxy) is 2. The first-order chi connectivity index (χ1) is 19.0. The van der Waals surface area contributed by atoms with Crippen molar-refractivity contribution in [3.8, 4) is 5.75 Å². The Morgan fingerprint density at radius 3 is 2.70 bits per heavy atom. The highest BCUT2D eigenvalue weighted by Crippen LogP contribution is 2.46. The first-order valence-electron chi connectivity index (χ1n) is 12.1. The predicted octanol–water partition coefficient (Wildman–Crippen LogP) is 2.06. The van der Waals surface area contributed by atoms with Crippen LogP contribution in [0.25, 0.3) is 21.6 Å². The number of imidazole rings is 1. The molecule has 3 aromatic rings. The number of fused-ring (bicyclic) bond motifs is 1. The van der Waals surface area contributed by atoms with Gasteiger partial charge in [-0.2, -0.15) is 15.1 Å². The van der Waals surface area contributed by atoms with E-state index in [1.807, 2.05) is 0 Å². The van der Waals surface area contributed by atoms with Crippen molar-refractivity contribution in [3.63, 3.8) is 0 Å². The summed E-state index contributed by atoms with van der Waals surface area (Å²) < 4.78 is 37.5. The SMILES string of the molecule is CC(C)OC(=O)[C@@H](C)NP(=O)(OC[C@H]1O[C@@H](n2cnc3c(N)nc(N)nc32)[C@H](N=[N+]=[N-])[C@@H]1O)Oc1ccccc1. The second-order valence-corrected chi connectivity index (χ2v) is 10.8. The van der Waals surface area contributed by atoms with Crippen molar-refractivity contribution >= 4 is 36.6 Å². The standard InChI is InChI=1S/C22H29N10O7P/c1-11(2)37-21(34)12(3)30-40(35,39-13-7-5-4-6-8-13)36-9-14-17(33)15(29-31-25)20(38-14)32-10-26-16-18(23)27-22(24)28-19(16)32/h4-8,10-12,14-15,17,20,33H,9H2,1-3H3,(H,30,35)(H4,23,24,27,28)/t12-,14-,15-,17-,20-,40?/m1/s1. The fourth-order valence-electron chi connectivity index (χ4n) is 3.93. The van der Waals surface area contributed by atoms with Gasteiger partial charge in [-0.3, -0.25) is 13.9 Å². The van der Waals surface area contributed by atoms with Gasteiger partial charge < -0.3 is 30.6 Å². The quantitative estimate of drug-likeness (QED) is 0.0840. The fraction of sp³-hybridized carbons (Fsp3) is 0.455. The summed E-state index contributed by atoms with van der Waals surface area (Å²) in [6.45, 7) is 4.29. The maximum Gasteiger partial charge on any atom is 0.459 e. The lowest BCUT2D eigenvalue weighted by molar-refractivity contribution is -0.149. The lowest BCUT2D eigenvalue weighted by atomic mass is 10.1. The van der Waals surface area contributed by atoms with E-state index in [0.29, 0.717) is 0 Å². The number of hydrogen-bond donors (Lipinski definition) is 4. The molecule has 3 heterocycles. The summed E-state index contributed by atoms with van der Waals surface area (Å²) in [7, 11) is -4.26. The van der Waals surface area contributed by atoms with Crippen molar-refractivity contribution in [2.45, 2.75) is 57.4 Å². The fourth-order valence-corrected chi connectivity index (χ4v) is 5.43. The van der Waals surface area contributed by atoms with E-state index in [1.54, 1.807) is 44.2 Å². The van der Waals surface area contributed by atoms with Crippen molar-refractivity contribution < 1.29 is 33.0 Å². The highest BCUT2D eigenvalue weighted by Gasteiger charge is 2.46. The van der Waals surface area contributed by atoms with E-state index in [9.17, 15) is 14.5 Å². The number of anilines is 2. The second kappa shape index (κ2) is 12.0. The van der Waals surface area contributed by atoms with Gasteiger partial charge in [-0.1, -0.05) is 23.3 Å². The monoisotopic (exact) mass is 576 g/mol. The molecule has 4 rings (SSSR count). The Bertz CT molecular complexity index is 1450. The van der Waals surface area contributed by atoms with Crippen molar-refractivity contribution in [1.82, 2.24) is 24.6 Å². The van der Waals surface area contributed by atoms with Crippen LogP contribution in [0.3, 0.4) is 0 Å². The zero-order chi connectivity index (χ0) is 29.0. The van der Waals surface area contributed by atoms with Crippen LogP contribution in [0.2, 0.25) is 0 Å². The van der Waals surface area contributed by atoms with Crippen molar-refractivity contribution in [2.75, 3.05) is 18.1 Å². The van der Waals surface area contributed by atoms with Gasteiger partial charge in [-0.15, -0.1) is 0 Å². The van der Waals surface area contributed by atoms with Crippen LogP contribution in [0.1, 0.15) is 27.0 Å². The Morgan fingerprint density at radius 2 is 2.02 bits per heavy atom. The van der Waals surface area contributed by atoms with Gasteiger partial charge in [0, 0.05) is 4.91 Å². The maximum atomic E-state index is 13.8. The van der Waals surface area contributed by atoms with Crippen LogP contribution >= 0.6 is 7.75 Å². The van der Waals surface area contributed by atoms with E-state index in [0.717, 1.165) is 0 Å². The number of carbonyl (C=O) groups is 1. The largest absolute Gasteiger partial charge is 0.462 e. The number of carbonyl (C=O) groups excluding carboxylic acids is 1. The Kier molecular flexibility index (Phi) is 8.73. The summed E-state index contributed by atoms with van der Waals surface area (Å²) in [4.78, 5) is 27.3. The number of nitrogen functional groups attached to an aromatic ring is 2. The molecular formula is C22H29N10O7P. The van der Waals surface area contributed by atoms with Gasteiger partial charge in [0.2, 0.25) is 5.95 Å². The van der Waals surface area contributed by atoms with Gasteiger partial charge in [-0.25, -0.2) is 9.55 Å². The van der Waals surface area contributed by atoms with Gasteiger partial charge in [0.1, 0.15) is 35.7 Å². The van der Waals surface area contributed by atoms with Crippen LogP contribution in [-0.4, -0.2) is 67.6 Å². The molecule has 2 aromatic heterocycles. The molecule has 0 saturated carbocycles. The zero-order valence-corrected chi connectivity index (χ0v) is 22.7. The number of aromatic nitrogens is 4. The van der Waals surface area contributed by atoms with Crippen molar-refractivity contribution in [3.05, 3.63) is 47.1 Å². The Hall–Kier alpha value is -3.98. The normalized spacial score (nSPS) is 22.9. The summed E-state index contributed by atoms with van der Waals surface area (Å²) in [5.41, 5.74) is 21.1. The number of nitrogens with one attached hydrogen (secondary N) is 1. The molecule has 1 saturated heterocycles. The number of benzene rings is 1. The summed E-state index contributed by atoms with van der Waals surface area (Å²) in [6.07, 6.45) is -2.77. The van der Waals surface area contributed by atoms with Crippen molar-refractivity contribution in [1.29, 1.82) is 0 Å². The third-order valence-corrected chi connectivity index (χ3v) is 7.34. The number of hydrogen-bond acceptors (Lipinski definition) is 13. The first kappa shape index (κ1) is 29.0. The number of esters is 1. The average molecular weight is 577 g/mol. The minimum Gasteiger partial charge on any atom is -0.462 e. The van der Waals surface area contributed by atoms with Gasteiger partial charge in [0.05, 0.1) is 25.1 Å². The Labute approximate surface area is 228 Å². The first-order valence-corrected chi connectivity index (χ1v) is 13.7. The Balaban J connectivity index is 1.57. The molecule has 0 bridgehead atoms. The highest BCUT2D eigenvalue weighted by atomic mass is 31.2. The van der Waals surface area contributed by atoms with E-state index < -0.39 is 56.9 Å². The number of nitrogens with two attached hydrogens (primary N) is 2. The van der Waals surface area contributed by atoms with Crippen LogP contribution < -0.4 is 21.1 Å². The van der Waals surface area contributed by atoms with Crippen LogP contribution in [0.5, 0.6) is 5.75 Å². The maximum absolute atomic E-state index is 13.8. The lowest BCUT2D eigenvalue weighted by Crippen LogP contribution is -2.37. The number of nitrogens with zero attached hydrogens (tertiary/aromatic N) is 7. The summed E-state index contributed by atoms with van der Waals surface area (Å²) >= 11 is 0. The minimum absolute atomic E-state index is 0.0233. The average Bonchev–Trinajstić information content (AvgIpc) is 3.44. The summed E-state index contributed by atoms with van der Waals surface area (Å²) in [5.74, 6) is -0.584. The van der Waals surface area contributed by atoms with Crippen LogP contribution in [0.15, 0.2) is 41.8 Å². The molecule has 1 aliphatic rings. The van der Waals surface area contributed by atoms with Gasteiger partial charge in [0.15, 0.2) is 11.5 Å². The number of azide groups is 1. The highest BCUT2D eigenvalue weighted by molar-refractivity contribution is 7.52. The molecule has 214 valence electrons. The number of aliphatic hydroxyl groups is 1. The third-order valence-electron chi connectivity index (χ3n) is 5.70. The second-order valence-electron chi connectivity index (χ2n) is 9.08. The minimum atomic E-state index is -4.26. The zero-order valence-electron chi connectivity index (χ0n) is 21.8. The smallest absolute Gasteiger partial charge is 0.459 e. The summed E-state index contributed by atoms with van der Waals surface area (Å²) in [6, 6.07) is 5.90. The molecule has 17 nitrogen and oxygen atoms in total. The van der Waals surface area contributed by atoms with E-state index in [-0.39, 0.29) is 28.7 Å². The van der Waals surface area contributed by atoms with Crippen LogP contribution in [0.4, 0.5) is 11.8 Å². The Morgan fingerprint density at radius 1 is 1.30 bits per heavy atom. The molecule has 0 spiro atoms. The molecule has 0 radical (unpaired) electrons. The molecule has 1 fully saturated rings. The molecule has 1 aromatic carbocycles. The van der Waals surface area contributed by atoms with Crippen LogP contribution in [-0.2, 0) is 23.4 Å². The number of aliphatic hydroxyl groups excluding tert-OH is 1. The molecule has 6 N–H and O–H groups in total. The summed E-state index contributed by atoms with van der Waals surface area (Å²) in [5, 5.41) is 17.2. The molecule has 40 heavy (non-hydrogen) atoms. The van der Waals surface area contributed by atoms with Gasteiger partial charge in [-0.05, 0) is 38.4 Å². The number of rotatable bonds is 11. The molecule has 0 aliphatic carbocycles. The van der Waals surface area contributed by atoms with E-state index in [1.165, 1.54) is 17.8 Å². The lowest BCUT2D eigenvalue weighted by Gasteiger charge is -2.25. The molecule has 1 aliphatic heterocycles. The van der Waals surface area contributed by atoms with Crippen LogP contribution in [0, 0.1) is 0 Å². The van der Waals surface area contributed by atoms with Crippen molar-refractivity contribution in [2.24, 2.45) is 5.11 Å².